The predicted octanol–water partition coefficient (Wildman–Crippen LogP) is 9.44. The molecule has 0 heterocycles. The van der Waals surface area contributed by atoms with E-state index in [4.69, 9.17) is 0 Å². The summed E-state index contributed by atoms with van der Waals surface area (Å²) in [5.74, 6) is -110. The summed E-state index contributed by atoms with van der Waals surface area (Å²) in [5, 5.41) is 0. The van der Waals surface area contributed by atoms with E-state index in [1.807, 2.05) is 0 Å². The van der Waals surface area contributed by atoms with E-state index in [2.05, 4.69) is 13.3 Å². The van der Waals surface area contributed by atoms with Crippen LogP contribution in [0.1, 0.15) is 6.92 Å². The molecule has 0 aromatic rings. The summed E-state index contributed by atoms with van der Waals surface area (Å²) in [6, 6.07) is 0. The minimum absolute atomic E-state index is 0.201. The first-order chi connectivity index (χ1) is 20.8. The molecule has 296 valence electrons. The Morgan fingerprint density at radius 1 is 0.306 bits per heavy atom. The van der Waals surface area contributed by atoms with Gasteiger partial charge < -0.3 is 13.3 Å². The molecule has 0 saturated carbocycles. The van der Waals surface area contributed by atoms with Crippen LogP contribution in [0.4, 0.5) is 119 Å². The molecular weight excluding hydrogens is 805 g/mol. The van der Waals surface area contributed by atoms with Gasteiger partial charge in [0.1, 0.15) is 0 Å². The lowest BCUT2D eigenvalue weighted by atomic mass is 9.83. The molecule has 0 amide bonds. The maximum Gasteiger partial charge on any atom is 0.509 e. The number of alkyl halides is 27. The molecule has 0 aromatic heterocycles. The van der Waals surface area contributed by atoms with Crippen molar-refractivity contribution in [3.8, 4) is 0 Å². The van der Waals surface area contributed by atoms with E-state index < -0.39 is 98.5 Å². The molecule has 3 nitrogen and oxygen atoms in total. The Bertz CT molecular complexity index is 1160. The molecular formula is C18H13F27O3Si. The molecule has 31 heteroatoms. The van der Waals surface area contributed by atoms with Gasteiger partial charge in [0, 0.05) is 21.3 Å². The van der Waals surface area contributed by atoms with Crippen molar-refractivity contribution < 1.29 is 132 Å². The van der Waals surface area contributed by atoms with Crippen LogP contribution in [-0.4, -0.2) is 107 Å². The van der Waals surface area contributed by atoms with Crippen LogP contribution in [0.5, 0.6) is 0 Å². The van der Waals surface area contributed by atoms with Gasteiger partial charge in [-0.1, -0.05) is 6.92 Å². The summed E-state index contributed by atoms with van der Waals surface area (Å²) in [6.07, 6.45) is -8.25. The van der Waals surface area contributed by atoms with E-state index in [0.29, 0.717) is 0 Å². The lowest BCUT2D eigenvalue weighted by molar-refractivity contribution is -0.485. The average molecular weight is 818 g/mol. The zero-order chi connectivity index (χ0) is 40.7. The number of hydrogen-bond acceptors (Lipinski definition) is 3. The highest BCUT2D eigenvalue weighted by atomic mass is 28.4. The molecule has 0 aromatic carbocycles. The van der Waals surface area contributed by atoms with Crippen LogP contribution in [0.15, 0.2) is 0 Å². The first-order valence-electron chi connectivity index (χ1n) is 11.1. The topological polar surface area (TPSA) is 27.7 Å². The standard InChI is InChI=1S/C18H13F27O3Si/c1-5(49(46-2,47-3)48-4)6(19,20)7(21,22)8(23,24)9(25,26)10(27,28)11(29,30)12(31,32)13(33,34)14(35,36)15(37,38)16(39,40)17(41,42)18(43,44)45/h5H,1-4H3. The van der Waals surface area contributed by atoms with Crippen molar-refractivity contribution in [1.82, 2.24) is 0 Å². The summed E-state index contributed by atoms with van der Waals surface area (Å²) in [4.78, 5) is 0. The maximum absolute atomic E-state index is 14.5. The molecule has 0 aliphatic rings. The fraction of sp³-hybridized carbons (Fsp3) is 1.00. The lowest BCUT2D eigenvalue weighted by Gasteiger charge is -2.46. The Hall–Kier alpha value is -1.79. The van der Waals surface area contributed by atoms with Crippen molar-refractivity contribution in [2.75, 3.05) is 21.3 Å². The second-order valence-corrected chi connectivity index (χ2v) is 12.7. The second kappa shape index (κ2) is 12.1. The monoisotopic (exact) mass is 818 g/mol. The largest absolute Gasteiger partial charge is 0.509 e. The minimum atomic E-state index is -9.81. The van der Waals surface area contributed by atoms with Crippen LogP contribution in [0.2, 0.25) is 5.54 Å². The Kier molecular flexibility index (Phi) is 11.7. The summed E-state index contributed by atoms with van der Waals surface area (Å²) in [6.45, 7) is -0.424. The zero-order valence-corrected chi connectivity index (χ0v) is 24.0. The predicted molar refractivity (Wildman–Crippen MR) is 102 cm³/mol. The number of halogens is 27. The molecule has 0 aliphatic heterocycles. The smallest absolute Gasteiger partial charge is 0.377 e. The van der Waals surface area contributed by atoms with E-state index in [0.717, 1.165) is 0 Å². The summed E-state index contributed by atoms with van der Waals surface area (Å²) in [5.41, 5.74) is -3.91. The van der Waals surface area contributed by atoms with E-state index in [-0.39, 0.29) is 21.3 Å². The van der Waals surface area contributed by atoms with Crippen LogP contribution in [0, 0.1) is 0 Å². The molecule has 0 aliphatic carbocycles. The zero-order valence-electron chi connectivity index (χ0n) is 23.0. The molecule has 1 atom stereocenters. The van der Waals surface area contributed by atoms with Gasteiger partial charge in [0.15, 0.2) is 0 Å². The first kappa shape index (κ1) is 47.2. The third-order valence-electron chi connectivity index (χ3n) is 6.65. The quantitative estimate of drug-likeness (QED) is 0.115. The van der Waals surface area contributed by atoms with Gasteiger partial charge in [0.2, 0.25) is 0 Å². The van der Waals surface area contributed by atoms with Crippen molar-refractivity contribution in [2.45, 2.75) is 89.7 Å². The van der Waals surface area contributed by atoms with E-state index in [9.17, 15) is 119 Å². The van der Waals surface area contributed by atoms with E-state index in [1.54, 1.807) is 0 Å². The molecule has 0 radical (unpaired) electrons. The van der Waals surface area contributed by atoms with Crippen LogP contribution in [-0.2, 0) is 13.3 Å². The SMILES string of the molecule is CO[Si](OC)(OC)C(C)C(F)(F)C(F)(F)C(F)(F)C(F)(F)C(F)(F)C(F)(F)C(F)(F)C(F)(F)C(F)(F)C(F)(F)C(F)(F)C(F)(F)C(F)(F)F. The average Bonchev–Trinajstić information content (AvgIpc) is 2.92. The summed E-state index contributed by atoms with van der Waals surface area (Å²) >= 11 is 0. The van der Waals surface area contributed by atoms with Crippen LogP contribution in [0.25, 0.3) is 0 Å². The van der Waals surface area contributed by atoms with Gasteiger partial charge in [-0.2, -0.15) is 119 Å². The van der Waals surface area contributed by atoms with Gasteiger partial charge in [-0.3, -0.25) is 0 Å². The molecule has 0 saturated heterocycles. The lowest BCUT2D eigenvalue weighted by Crippen LogP contribution is -2.79. The molecule has 0 fully saturated rings. The highest BCUT2D eigenvalue weighted by molar-refractivity contribution is 6.62. The van der Waals surface area contributed by atoms with Gasteiger partial charge in [-0.05, 0) is 0 Å². The third kappa shape index (κ3) is 5.58. The Balaban J connectivity index is 7.58. The van der Waals surface area contributed by atoms with Crippen molar-refractivity contribution in [2.24, 2.45) is 0 Å². The van der Waals surface area contributed by atoms with Gasteiger partial charge in [-0.25, -0.2) is 0 Å². The molecule has 0 N–H and O–H groups in total. The highest BCUT2D eigenvalue weighted by Crippen LogP contribution is 2.69. The normalized spacial score (nSPS) is 17.4. The molecule has 1 unspecified atom stereocenters. The van der Waals surface area contributed by atoms with E-state index in [1.165, 1.54) is 0 Å². The third-order valence-corrected chi connectivity index (χ3v) is 9.78. The van der Waals surface area contributed by atoms with Crippen molar-refractivity contribution in [3.63, 3.8) is 0 Å². The van der Waals surface area contributed by atoms with Gasteiger partial charge in [-0.15, -0.1) is 0 Å². The minimum Gasteiger partial charge on any atom is -0.377 e. The molecule has 0 bridgehead atoms. The van der Waals surface area contributed by atoms with Gasteiger partial charge in [0.05, 0.1) is 5.54 Å². The van der Waals surface area contributed by atoms with Crippen molar-refractivity contribution in [1.29, 1.82) is 0 Å². The summed E-state index contributed by atoms with van der Waals surface area (Å²) in [7, 11) is -5.02. The van der Waals surface area contributed by atoms with Crippen LogP contribution < -0.4 is 0 Å². The Morgan fingerprint density at radius 2 is 0.469 bits per heavy atom. The van der Waals surface area contributed by atoms with Gasteiger partial charge >= 0.3 is 86.1 Å². The highest BCUT2D eigenvalue weighted by Gasteiger charge is 3.00. The Morgan fingerprint density at radius 3 is 0.633 bits per heavy atom. The fourth-order valence-corrected chi connectivity index (χ4v) is 5.62. The molecule has 0 spiro atoms. The molecule has 49 heavy (non-hydrogen) atoms. The maximum atomic E-state index is 14.5. The molecule has 0 rings (SSSR count). The Labute approximate surface area is 253 Å². The fourth-order valence-electron chi connectivity index (χ4n) is 3.44. The second-order valence-electron chi connectivity index (χ2n) is 9.38. The first-order valence-corrected chi connectivity index (χ1v) is 12.9. The van der Waals surface area contributed by atoms with E-state index >= 15 is 0 Å². The number of hydrogen-bond donors (Lipinski definition) is 0. The number of rotatable bonds is 16. The van der Waals surface area contributed by atoms with Crippen LogP contribution in [0.3, 0.4) is 0 Å². The summed E-state index contributed by atoms with van der Waals surface area (Å²) < 4.78 is 380. The van der Waals surface area contributed by atoms with Gasteiger partial charge in [0.25, 0.3) is 0 Å². The van der Waals surface area contributed by atoms with Crippen molar-refractivity contribution >= 4 is 8.80 Å². The van der Waals surface area contributed by atoms with Crippen LogP contribution >= 0.6 is 0 Å². The van der Waals surface area contributed by atoms with Crippen molar-refractivity contribution in [3.05, 3.63) is 0 Å².